The number of carboxylic acids is 1. The molecule has 122 valence electrons. The lowest BCUT2D eigenvalue weighted by Crippen LogP contribution is -2.36. The Kier molecular flexibility index (Phi) is 5.33. The first-order chi connectivity index (χ1) is 10.9. The predicted molar refractivity (Wildman–Crippen MR) is 90.7 cm³/mol. The van der Waals surface area contributed by atoms with Crippen LogP contribution in [0.2, 0.25) is 0 Å². The maximum absolute atomic E-state index is 12.0. The Morgan fingerprint density at radius 2 is 2.00 bits per heavy atom. The minimum Gasteiger partial charge on any atom is -0.481 e. The van der Waals surface area contributed by atoms with Gasteiger partial charge in [0.2, 0.25) is 0 Å². The van der Waals surface area contributed by atoms with Gasteiger partial charge in [-0.25, -0.2) is 9.78 Å². The van der Waals surface area contributed by atoms with E-state index in [2.05, 4.69) is 10.3 Å². The standard InChI is InChI=1S/C16H19N3O3S/c1-10(15(20)21)8-19(3)16(22)18-13-6-4-12(5-7-13)14-17-11(2)9-23-14/h4-7,9-10H,8H2,1-3H3,(H,18,22)(H,20,21). The van der Waals surface area contributed by atoms with Gasteiger partial charge in [0.1, 0.15) is 5.01 Å². The van der Waals surface area contributed by atoms with Crippen molar-refractivity contribution in [3.63, 3.8) is 0 Å². The fourth-order valence-corrected chi connectivity index (χ4v) is 2.78. The lowest BCUT2D eigenvalue weighted by atomic mass is 10.2. The maximum atomic E-state index is 12.0. The monoisotopic (exact) mass is 333 g/mol. The number of aryl methyl sites for hydroxylation is 1. The number of nitrogens with one attached hydrogen (secondary N) is 1. The van der Waals surface area contributed by atoms with Gasteiger partial charge in [0, 0.05) is 35.9 Å². The summed E-state index contributed by atoms with van der Waals surface area (Å²) < 4.78 is 0. The summed E-state index contributed by atoms with van der Waals surface area (Å²) in [6, 6.07) is 7.06. The number of aromatic nitrogens is 1. The highest BCUT2D eigenvalue weighted by Gasteiger charge is 2.17. The Hall–Kier alpha value is -2.41. The van der Waals surface area contributed by atoms with Crippen molar-refractivity contribution in [2.24, 2.45) is 5.92 Å². The minimum atomic E-state index is -0.923. The first-order valence-electron chi connectivity index (χ1n) is 7.14. The summed E-state index contributed by atoms with van der Waals surface area (Å²) in [7, 11) is 1.57. The lowest BCUT2D eigenvalue weighted by molar-refractivity contribution is -0.141. The highest BCUT2D eigenvalue weighted by Crippen LogP contribution is 2.24. The molecule has 1 unspecified atom stereocenters. The second-order valence-electron chi connectivity index (χ2n) is 5.42. The maximum Gasteiger partial charge on any atom is 0.321 e. The summed E-state index contributed by atoms with van der Waals surface area (Å²) in [5.74, 6) is -1.53. The molecule has 0 aliphatic carbocycles. The van der Waals surface area contributed by atoms with Crippen LogP contribution in [0, 0.1) is 12.8 Å². The molecule has 0 fully saturated rings. The number of amides is 2. The molecule has 6 nitrogen and oxygen atoms in total. The smallest absolute Gasteiger partial charge is 0.321 e. The predicted octanol–water partition coefficient (Wildman–Crippen LogP) is 3.30. The van der Waals surface area contributed by atoms with Crippen LogP contribution in [0.4, 0.5) is 10.5 Å². The van der Waals surface area contributed by atoms with Crippen molar-refractivity contribution in [2.75, 3.05) is 18.9 Å². The average Bonchev–Trinajstić information content (AvgIpc) is 2.94. The van der Waals surface area contributed by atoms with E-state index in [1.165, 1.54) is 4.90 Å². The molecule has 2 rings (SSSR count). The van der Waals surface area contributed by atoms with Crippen molar-refractivity contribution in [1.29, 1.82) is 0 Å². The molecule has 0 aliphatic rings. The molecule has 1 aromatic carbocycles. The van der Waals surface area contributed by atoms with Crippen LogP contribution in [-0.4, -0.2) is 40.6 Å². The molecule has 0 saturated heterocycles. The van der Waals surface area contributed by atoms with Crippen LogP contribution in [0.1, 0.15) is 12.6 Å². The van der Waals surface area contributed by atoms with Crippen LogP contribution >= 0.6 is 11.3 Å². The highest BCUT2D eigenvalue weighted by atomic mass is 32.1. The number of carboxylic acid groups (broad SMARTS) is 1. The lowest BCUT2D eigenvalue weighted by Gasteiger charge is -2.20. The molecule has 0 spiro atoms. The van der Waals surface area contributed by atoms with Crippen molar-refractivity contribution in [3.05, 3.63) is 35.3 Å². The van der Waals surface area contributed by atoms with Gasteiger partial charge in [-0.2, -0.15) is 0 Å². The molecule has 1 aromatic heterocycles. The Morgan fingerprint density at radius 3 is 2.52 bits per heavy atom. The largest absolute Gasteiger partial charge is 0.481 e. The topological polar surface area (TPSA) is 82.5 Å². The van der Waals surface area contributed by atoms with Gasteiger partial charge >= 0.3 is 12.0 Å². The second kappa shape index (κ2) is 7.23. The quantitative estimate of drug-likeness (QED) is 0.879. The molecule has 7 heteroatoms. The summed E-state index contributed by atoms with van der Waals surface area (Å²) in [4.78, 5) is 28.6. The molecular formula is C16H19N3O3S. The molecule has 23 heavy (non-hydrogen) atoms. The molecule has 1 heterocycles. The van der Waals surface area contributed by atoms with Gasteiger partial charge in [0.05, 0.1) is 5.92 Å². The Labute approximate surface area is 138 Å². The minimum absolute atomic E-state index is 0.150. The van der Waals surface area contributed by atoms with Gasteiger partial charge in [0.15, 0.2) is 0 Å². The van der Waals surface area contributed by atoms with E-state index >= 15 is 0 Å². The SMILES string of the molecule is Cc1csc(-c2ccc(NC(=O)N(C)CC(C)C(=O)O)cc2)n1. The molecule has 2 N–H and O–H groups in total. The van der Waals surface area contributed by atoms with E-state index in [4.69, 9.17) is 5.11 Å². The second-order valence-corrected chi connectivity index (χ2v) is 6.28. The van der Waals surface area contributed by atoms with E-state index in [1.54, 1.807) is 37.4 Å². The Balaban J connectivity index is 1.97. The van der Waals surface area contributed by atoms with Gasteiger partial charge < -0.3 is 15.3 Å². The number of aliphatic carboxylic acids is 1. The van der Waals surface area contributed by atoms with Gasteiger partial charge in [0.25, 0.3) is 0 Å². The van der Waals surface area contributed by atoms with Crippen LogP contribution in [0.15, 0.2) is 29.6 Å². The summed E-state index contributed by atoms with van der Waals surface area (Å²) in [6.07, 6.45) is 0. The van der Waals surface area contributed by atoms with Crippen LogP contribution in [0.3, 0.4) is 0 Å². The number of rotatable bonds is 5. The van der Waals surface area contributed by atoms with E-state index in [1.807, 2.05) is 24.4 Å². The van der Waals surface area contributed by atoms with Crippen molar-refractivity contribution in [3.8, 4) is 10.6 Å². The summed E-state index contributed by atoms with van der Waals surface area (Å²) in [5, 5.41) is 14.6. The number of carbonyl (C=O) groups is 2. The van der Waals surface area contributed by atoms with E-state index in [0.29, 0.717) is 5.69 Å². The fourth-order valence-electron chi connectivity index (χ4n) is 1.97. The first-order valence-corrected chi connectivity index (χ1v) is 8.02. The van der Waals surface area contributed by atoms with Crippen molar-refractivity contribution in [2.45, 2.75) is 13.8 Å². The van der Waals surface area contributed by atoms with Gasteiger partial charge in [-0.1, -0.05) is 6.92 Å². The number of anilines is 1. The normalized spacial score (nSPS) is 11.8. The zero-order valence-corrected chi connectivity index (χ0v) is 14.1. The highest BCUT2D eigenvalue weighted by molar-refractivity contribution is 7.13. The van der Waals surface area contributed by atoms with E-state index < -0.39 is 11.9 Å². The molecule has 2 amide bonds. The number of thiazole rings is 1. The molecule has 0 bridgehead atoms. The molecule has 0 saturated carbocycles. The number of carbonyl (C=O) groups excluding carboxylic acids is 1. The molecule has 0 aliphatic heterocycles. The van der Waals surface area contributed by atoms with Crippen molar-refractivity contribution >= 4 is 29.0 Å². The van der Waals surface area contributed by atoms with E-state index in [-0.39, 0.29) is 12.6 Å². The van der Waals surface area contributed by atoms with Crippen molar-refractivity contribution < 1.29 is 14.7 Å². The van der Waals surface area contributed by atoms with Gasteiger partial charge in [-0.05, 0) is 31.2 Å². The third-order valence-corrected chi connectivity index (χ3v) is 4.33. The zero-order chi connectivity index (χ0) is 17.0. The number of hydrogen-bond donors (Lipinski definition) is 2. The fraction of sp³-hybridized carbons (Fsp3) is 0.312. The number of nitrogens with zero attached hydrogens (tertiary/aromatic N) is 2. The van der Waals surface area contributed by atoms with E-state index in [0.717, 1.165) is 16.3 Å². The summed E-state index contributed by atoms with van der Waals surface area (Å²) in [6.45, 7) is 3.66. The third-order valence-electron chi connectivity index (χ3n) is 3.32. The number of urea groups is 1. The van der Waals surface area contributed by atoms with Gasteiger partial charge in [-0.3, -0.25) is 4.79 Å². The van der Waals surface area contributed by atoms with Crippen LogP contribution in [0.5, 0.6) is 0 Å². The summed E-state index contributed by atoms with van der Waals surface area (Å²) >= 11 is 1.57. The number of benzene rings is 1. The molecular weight excluding hydrogens is 314 g/mol. The Bertz CT molecular complexity index is 697. The third kappa shape index (κ3) is 4.53. The van der Waals surface area contributed by atoms with Crippen molar-refractivity contribution in [1.82, 2.24) is 9.88 Å². The van der Waals surface area contributed by atoms with Crippen LogP contribution < -0.4 is 5.32 Å². The molecule has 0 radical (unpaired) electrons. The molecule has 2 aromatic rings. The average molecular weight is 333 g/mol. The first kappa shape index (κ1) is 17.0. The van der Waals surface area contributed by atoms with Crippen LogP contribution in [-0.2, 0) is 4.79 Å². The van der Waals surface area contributed by atoms with Gasteiger partial charge in [-0.15, -0.1) is 11.3 Å². The zero-order valence-electron chi connectivity index (χ0n) is 13.2. The summed E-state index contributed by atoms with van der Waals surface area (Å²) in [5.41, 5.74) is 2.63. The van der Waals surface area contributed by atoms with E-state index in [9.17, 15) is 9.59 Å². The Morgan fingerprint density at radius 1 is 1.35 bits per heavy atom. The van der Waals surface area contributed by atoms with Crippen LogP contribution in [0.25, 0.3) is 10.6 Å². The molecule has 1 atom stereocenters. The number of hydrogen-bond acceptors (Lipinski definition) is 4.